The molecule has 0 atom stereocenters. The van der Waals surface area contributed by atoms with E-state index in [0.717, 1.165) is 11.1 Å². The molecule has 118 valence electrons. The third kappa shape index (κ3) is 3.88. The van der Waals surface area contributed by atoms with Gasteiger partial charge in [-0.05, 0) is 30.7 Å². The molecule has 5 nitrogen and oxygen atoms in total. The Bertz CT molecular complexity index is 738. The first-order valence-corrected chi connectivity index (χ1v) is 7.52. The van der Waals surface area contributed by atoms with Crippen LogP contribution in [0.1, 0.15) is 17.5 Å². The van der Waals surface area contributed by atoms with E-state index in [2.05, 4.69) is 10.6 Å². The van der Waals surface area contributed by atoms with Crippen LogP contribution in [-0.2, 0) is 16.0 Å². The molecule has 0 unspecified atom stereocenters. The number of carbonyl (C=O) groups excluding carboxylic acids is 2. The Kier molecular flexibility index (Phi) is 4.28. The van der Waals surface area contributed by atoms with Gasteiger partial charge in [-0.2, -0.15) is 0 Å². The van der Waals surface area contributed by atoms with Crippen LogP contribution in [0.25, 0.3) is 0 Å². The number of nitrogens with one attached hydrogen (secondary N) is 2. The van der Waals surface area contributed by atoms with Gasteiger partial charge in [0.15, 0.2) is 0 Å². The second-order valence-corrected chi connectivity index (χ2v) is 5.57. The van der Waals surface area contributed by atoms with E-state index in [4.69, 9.17) is 4.74 Å². The van der Waals surface area contributed by atoms with Crippen LogP contribution in [-0.4, -0.2) is 18.4 Å². The van der Waals surface area contributed by atoms with Crippen LogP contribution in [0.5, 0.6) is 5.75 Å². The minimum Gasteiger partial charge on any atom is -0.491 e. The molecule has 2 aromatic carbocycles. The molecule has 3 rings (SSSR count). The summed E-state index contributed by atoms with van der Waals surface area (Å²) in [5.74, 6) is 0.425. The number of fused-ring (bicyclic) bond motifs is 1. The second kappa shape index (κ2) is 6.52. The summed E-state index contributed by atoms with van der Waals surface area (Å²) in [6, 6.07) is 13.1. The Morgan fingerprint density at radius 3 is 2.78 bits per heavy atom. The molecule has 0 aliphatic carbocycles. The molecular formula is C18H18N2O3. The zero-order valence-electron chi connectivity index (χ0n) is 12.9. The van der Waals surface area contributed by atoms with Crippen LogP contribution in [0.3, 0.4) is 0 Å². The van der Waals surface area contributed by atoms with Gasteiger partial charge >= 0.3 is 0 Å². The molecule has 0 aromatic heterocycles. The van der Waals surface area contributed by atoms with E-state index >= 15 is 0 Å². The molecule has 1 aliphatic heterocycles. The van der Waals surface area contributed by atoms with E-state index in [9.17, 15) is 9.59 Å². The van der Waals surface area contributed by atoms with Crippen molar-refractivity contribution in [1.29, 1.82) is 0 Å². The summed E-state index contributed by atoms with van der Waals surface area (Å²) in [6.45, 7) is 2.37. The molecule has 0 radical (unpaired) electrons. The van der Waals surface area contributed by atoms with E-state index in [1.165, 1.54) is 0 Å². The zero-order chi connectivity index (χ0) is 16.2. The van der Waals surface area contributed by atoms with E-state index in [0.29, 0.717) is 36.6 Å². The summed E-state index contributed by atoms with van der Waals surface area (Å²) in [4.78, 5) is 23.7. The van der Waals surface area contributed by atoms with Gasteiger partial charge < -0.3 is 15.4 Å². The molecule has 0 bridgehead atoms. The molecule has 2 N–H and O–H groups in total. The second-order valence-electron chi connectivity index (χ2n) is 5.57. The molecule has 0 saturated carbocycles. The van der Waals surface area contributed by atoms with Crippen molar-refractivity contribution < 1.29 is 14.3 Å². The van der Waals surface area contributed by atoms with Crippen molar-refractivity contribution in [3.8, 4) is 5.75 Å². The number of hydrogen-bond acceptors (Lipinski definition) is 3. The normalized spacial score (nSPS) is 13.3. The highest BCUT2D eigenvalue weighted by molar-refractivity contribution is 5.96. The number of ether oxygens (including phenoxy) is 1. The fraction of sp³-hybridized carbons (Fsp3) is 0.222. The number of benzene rings is 2. The Morgan fingerprint density at radius 2 is 2.00 bits per heavy atom. The maximum absolute atomic E-state index is 12.1. The fourth-order valence-electron chi connectivity index (χ4n) is 2.39. The fourth-order valence-corrected chi connectivity index (χ4v) is 2.39. The van der Waals surface area contributed by atoms with Crippen LogP contribution < -0.4 is 15.4 Å². The maximum Gasteiger partial charge on any atom is 0.228 e. The zero-order valence-corrected chi connectivity index (χ0v) is 12.9. The maximum atomic E-state index is 12.1. The van der Waals surface area contributed by atoms with Gasteiger partial charge in [-0.1, -0.05) is 29.8 Å². The summed E-state index contributed by atoms with van der Waals surface area (Å²) in [7, 11) is 0. The van der Waals surface area contributed by atoms with Gasteiger partial charge in [-0.15, -0.1) is 0 Å². The summed E-state index contributed by atoms with van der Waals surface area (Å²) in [6.07, 6.45) is 0.629. The first-order chi connectivity index (χ1) is 11.1. The average molecular weight is 310 g/mol. The average Bonchev–Trinajstić information content (AvgIpc) is 2.69. The van der Waals surface area contributed by atoms with Gasteiger partial charge in [0.2, 0.25) is 11.8 Å². The lowest BCUT2D eigenvalue weighted by atomic mass is 10.1. The molecule has 5 heteroatoms. The number of hydrogen-bond donors (Lipinski definition) is 2. The minimum atomic E-state index is -0.102. The Hall–Kier alpha value is -2.82. The Balaban J connectivity index is 1.69. The van der Waals surface area contributed by atoms with Crippen LogP contribution in [0.15, 0.2) is 42.5 Å². The number of amides is 2. The molecule has 1 heterocycles. The van der Waals surface area contributed by atoms with Crippen LogP contribution in [0.2, 0.25) is 0 Å². The standard InChI is InChI=1S/C18H18N2O3/c1-12-2-4-13(5-3-12)10-18(22)19-14-6-7-16-15(11-14)20-17(21)8-9-23-16/h2-7,11H,8-10H2,1H3,(H,19,22)(H,20,21). The lowest BCUT2D eigenvalue weighted by Crippen LogP contribution is -2.15. The van der Waals surface area contributed by atoms with Gasteiger partial charge in [-0.3, -0.25) is 9.59 Å². The van der Waals surface area contributed by atoms with Crippen LogP contribution in [0, 0.1) is 6.92 Å². The number of rotatable bonds is 3. The third-order valence-corrected chi connectivity index (χ3v) is 3.61. The predicted molar refractivity (Wildman–Crippen MR) is 88.7 cm³/mol. The highest BCUT2D eigenvalue weighted by Gasteiger charge is 2.14. The molecular weight excluding hydrogens is 292 g/mol. The predicted octanol–water partition coefficient (Wildman–Crippen LogP) is 2.90. The lowest BCUT2D eigenvalue weighted by Gasteiger charge is -2.10. The van der Waals surface area contributed by atoms with Gasteiger partial charge in [0.1, 0.15) is 5.75 Å². The van der Waals surface area contributed by atoms with Crippen molar-refractivity contribution in [3.05, 3.63) is 53.6 Å². The topological polar surface area (TPSA) is 67.4 Å². The van der Waals surface area contributed by atoms with Crippen molar-refractivity contribution in [2.75, 3.05) is 17.2 Å². The van der Waals surface area contributed by atoms with E-state index in [1.54, 1.807) is 18.2 Å². The van der Waals surface area contributed by atoms with E-state index in [1.807, 2.05) is 31.2 Å². The van der Waals surface area contributed by atoms with E-state index < -0.39 is 0 Å². The van der Waals surface area contributed by atoms with Gasteiger partial charge in [0.25, 0.3) is 0 Å². The summed E-state index contributed by atoms with van der Waals surface area (Å²) < 4.78 is 5.49. The molecule has 1 aliphatic rings. The van der Waals surface area contributed by atoms with E-state index in [-0.39, 0.29) is 11.8 Å². The highest BCUT2D eigenvalue weighted by atomic mass is 16.5. The smallest absolute Gasteiger partial charge is 0.228 e. The van der Waals surface area contributed by atoms with Crippen molar-refractivity contribution in [2.45, 2.75) is 19.8 Å². The monoisotopic (exact) mass is 310 g/mol. The number of anilines is 2. The van der Waals surface area contributed by atoms with Gasteiger partial charge in [-0.25, -0.2) is 0 Å². The Labute approximate surface area is 134 Å². The quantitative estimate of drug-likeness (QED) is 0.916. The SMILES string of the molecule is Cc1ccc(CC(=O)Nc2ccc3c(c2)NC(=O)CCO3)cc1. The van der Waals surface area contributed by atoms with Crippen LogP contribution in [0.4, 0.5) is 11.4 Å². The lowest BCUT2D eigenvalue weighted by molar-refractivity contribution is -0.116. The highest BCUT2D eigenvalue weighted by Crippen LogP contribution is 2.30. The van der Waals surface area contributed by atoms with Gasteiger partial charge in [0, 0.05) is 5.69 Å². The molecule has 0 fully saturated rings. The minimum absolute atomic E-state index is 0.0909. The van der Waals surface area contributed by atoms with Gasteiger partial charge in [0.05, 0.1) is 25.1 Å². The van der Waals surface area contributed by atoms with Crippen molar-refractivity contribution in [3.63, 3.8) is 0 Å². The number of aryl methyl sites for hydroxylation is 1. The van der Waals surface area contributed by atoms with Crippen molar-refractivity contribution in [2.24, 2.45) is 0 Å². The third-order valence-electron chi connectivity index (χ3n) is 3.61. The molecule has 23 heavy (non-hydrogen) atoms. The summed E-state index contributed by atoms with van der Waals surface area (Å²) >= 11 is 0. The summed E-state index contributed by atoms with van der Waals surface area (Å²) in [5, 5.41) is 5.62. The van der Waals surface area contributed by atoms with Crippen molar-refractivity contribution >= 4 is 23.2 Å². The largest absolute Gasteiger partial charge is 0.491 e. The summed E-state index contributed by atoms with van der Waals surface area (Å²) in [5.41, 5.74) is 3.34. The first kappa shape index (κ1) is 15.1. The van der Waals surface area contributed by atoms with Crippen LogP contribution >= 0.6 is 0 Å². The Morgan fingerprint density at radius 1 is 1.22 bits per heavy atom. The molecule has 0 spiro atoms. The first-order valence-electron chi connectivity index (χ1n) is 7.52. The molecule has 0 saturated heterocycles. The molecule has 2 amide bonds. The number of carbonyl (C=O) groups is 2. The van der Waals surface area contributed by atoms with Crippen molar-refractivity contribution in [1.82, 2.24) is 0 Å². The molecule has 2 aromatic rings.